The van der Waals surface area contributed by atoms with Gasteiger partial charge >= 0.3 is 0 Å². The SMILES string of the molecule is CC[C@@H](NC(=O)[C@@H]1C[C@H](N[C@H]2CCCC(Oc3ccc(C(=O)Nc4ncc(Sc5cc(C(=O)N6CCOCC6)c(OC)cc5C)s4)cc3)CC2)CN1C(=O)[C@@H](NC(=O)[C@H](C)NC)C(C)(C)C)c1ccccc1. The number of methoxy groups -OCH3 is 1. The standard InChI is InChI=1S/C54H72N8O8S2/c1-9-42(35-14-11-10-12-15-35)58-50(65)43-29-38(32-62(43)52(67)47(54(4,5)6)59-48(63)34(3)55-7)57-37-16-13-17-39(23-20-37)70-40-21-18-36(19-22-40)49(64)60-53-56-31-46(72-53)71-45-30-41(44(68-8)28-33(45)2)51(66)61-24-26-69-27-25-61/h10-12,14-15,18-19,21-22,28,30-31,34,37-39,42-43,47,55,57H,9,13,16-17,20,23-27,29,32H2,1-8H3,(H,58,65)(H,59,63)(H,56,60,64)/t34-,37-,38-,39?,42+,43-,47+/m0/s1. The Kier molecular flexibility index (Phi) is 18.8. The van der Waals surface area contributed by atoms with Crippen LogP contribution in [-0.4, -0.2) is 128 Å². The molecule has 3 aromatic carbocycles. The lowest BCUT2D eigenvalue weighted by atomic mass is 9.85. The van der Waals surface area contributed by atoms with E-state index in [9.17, 15) is 24.0 Å². The van der Waals surface area contributed by atoms with E-state index in [1.165, 1.54) is 23.1 Å². The van der Waals surface area contributed by atoms with Crippen LogP contribution in [0.2, 0.25) is 0 Å². The Morgan fingerprint density at radius 2 is 1.68 bits per heavy atom. The first-order valence-corrected chi connectivity index (χ1v) is 26.8. The molecule has 3 fully saturated rings. The average molecular weight is 1030 g/mol. The molecule has 1 saturated carbocycles. The summed E-state index contributed by atoms with van der Waals surface area (Å²) in [6.07, 6.45) is 7.20. The maximum absolute atomic E-state index is 14.6. The Labute approximate surface area is 432 Å². The molecule has 0 spiro atoms. The van der Waals surface area contributed by atoms with Gasteiger partial charge in [0.05, 0.1) is 54.5 Å². The number of morpholine rings is 1. The molecular formula is C54H72N8O8S2. The minimum absolute atomic E-state index is 0.0223. The molecule has 5 amide bonds. The van der Waals surface area contributed by atoms with Crippen LogP contribution in [0.5, 0.6) is 11.5 Å². The van der Waals surface area contributed by atoms with E-state index >= 15 is 0 Å². The summed E-state index contributed by atoms with van der Waals surface area (Å²) in [5.41, 5.74) is 2.32. The first-order chi connectivity index (χ1) is 34.5. The Hall–Kier alpha value is -5.53. The zero-order chi connectivity index (χ0) is 51.5. The first kappa shape index (κ1) is 54.2. The van der Waals surface area contributed by atoms with Gasteiger partial charge in [0, 0.05) is 42.2 Å². The van der Waals surface area contributed by atoms with Crippen LogP contribution in [0.1, 0.15) is 117 Å². The molecule has 4 aromatic rings. The Morgan fingerprint density at radius 3 is 2.36 bits per heavy atom. The summed E-state index contributed by atoms with van der Waals surface area (Å²) in [5, 5.41) is 16.4. The van der Waals surface area contributed by atoms with Crippen LogP contribution < -0.4 is 36.1 Å². The van der Waals surface area contributed by atoms with Gasteiger partial charge < -0.3 is 45.3 Å². The van der Waals surface area contributed by atoms with Gasteiger partial charge in [0.15, 0.2) is 5.13 Å². The zero-order valence-electron chi connectivity index (χ0n) is 42.9. The van der Waals surface area contributed by atoms with Crippen LogP contribution in [0.4, 0.5) is 5.13 Å². The summed E-state index contributed by atoms with van der Waals surface area (Å²) < 4.78 is 18.4. The molecule has 1 unspecified atom stereocenters. The van der Waals surface area contributed by atoms with Gasteiger partial charge in [-0.2, -0.15) is 0 Å². The minimum Gasteiger partial charge on any atom is -0.496 e. The lowest BCUT2D eigenvalue weighted by Crippen LogP contribution is -2.59. The summed E-state index contributed by atoms with van der Waals surface area (Å²) in [4.78, 5) is 77.6. The van der Waals surface area contributed by atoms with Crippen molar-refractivity contribution < 1.29 is 38.2 Å². The van der Waals surface area contributed by atoms with Crippen molar-refractivity contribution in [2.75, 3.05) is 52.3 Å². The number of carbonyl (C=O) groups is 5. The fourth-order valence-corrected chi connectivity index (χ4v) is 11.4. The monoisotopic (exact) mass is 1020 g/mol. The summed E-state index contributed by atoms with van der Waals surface area (Å²) in [7, 11) is 3.27. The molecule has 3 aliphatic rings. The van der Waals surface area contributed by atoms with Crippen molar-refractivity contribution in [1.29, 1.82) is 0 Å². The average Bonchev–Trinajstić information content (AvgIpc) is 3.96. The molecule has 7 rings (SSSR count). The van der Waals surface area contributed by atoms with Gasteiger partial charge in [-0.05, 0) is 119 Å². The molecule has 1 aliphatic carbocycles. The number of hydrogen-bond acceptors (Lipinski definition) is 13. The number of nitrogens with zero attached hydrogens (tertiary/aromatic N) is 3. The van der Waals surface area contributed by atoms with E-state index in [4.69, 9.17) is 14.2 Å². The molecule has 0 radical (unpaired) electrons. The van der Waals surface area contributed by atoms with Crippen molar-refractivity contribution in [1.82, 2.24) is 36.1 Å². The van der Waals surface area contributed by atoms with Gasteiger partial charge in [0.2, 0.25) is 17.7 Å². The van der Waals surface area contributed by atoms with E-state index in [1.54, 1.807) is 49.2 Å². The van der Waals surface area contributed by atoms with Crippen molar-refractivity contribution in [2.45, 2.75) is 138 Å². The third-order valence-corrected chi connectivity index (χ3v) is 16.0. The van der Waals surface area contributed by atoms with Crippen molar-refractivity contribution >= 4 is 57.8 Å². The number of hydrogen-bond donors (Lipinski definition) is 5. The van der Waals surface area contributed by atoms with E-state index in [-0.39, 0.29) is 53.8 Å². The summed E-state index contributed by atoms with van der Waals surface area (Å²) in [6.45, 7) is 14.0. The van der Waals surface area contributed by atoms with E-state index in [2.05, 4.69) is 31.6 Å². The van der Waals surface area contributed by atoms with Crippen molar-refractivity contribution in [3.8, 4) is 11.5 Å². The molecule has 72 heavy (non-hydrogen) atoms. The van der Waals surface area contributed by atoms with E-state index < -0.39 is 23.5 Å². The molecule has 1 aromatic heterocycles. The highest BCUT2D eigenvalue weighted by Crippen LogP contribution is 2.39. The van der Waals surface area contributed by atoms with Crippen molar-refractivity contribution in [3.05, 3.63) is 95.2 Å². The van der Waals surface area contributed by atoms with Crippen LogP contribution in [0.3, 0.4) is 0 Å². The fourth-order valence-electron chi connectivity index (χ4n) is 9.49. The van der Waals surface area contributed by atoms with Crippen LogP contribution in [-0.2, 0) is 19.1 Å². The number of ether oxygens (including phenoxy) is 3. The number of carbonyl (C=O) groups excluding carboxylic acids is 5. The van der Waals surface area contributed by atoms with Crippen LogP contribution >= 0.6 is 23.1 Å². The second-order valence-electron chi connectivity index (χ2n) is 20.0. The summed E-state index contributed by atoms with van der Waals surface area (Å²) in [6, 6.07) is 18.5. The van der Waals surface area contributed by atoms with Gasteiger partial charge in [-0.1, -0.05) is 81.1 Å². The highest BCUT2D eigenvalue weighted by Gasteiger charge is 2.46. The first-order valence-electron chi connectivity index (χ1n) is 25.2. The molecule has 18 heteroatoms. The highest BCUT2D eigenvalue weighted by atomic mass is 32.2. The summed E-state index contributed by atoms with van der Waals surface area (Å²) >= 11 is 2.84. The number of rotatable bonds is 18. The van der Waals surface area contributed by atoms with Gasteiger partial charge in [-0.25, -0.2) is 4.98 Å². The maximum Gasteiger partial charge on any atom is 0.257 e. The van der Waals surface area contributed by atoms with E-state index in [0.29, 0.717) is 73.4 Å². The molecule has 0 bridgehead atoms. The fraction of sp³-hybridized carbons (Fsp3) is 0.519. The molecule has 16 nitrogen and oxygen atoms in total. The predicted molar refractivity (Wildman–Crippen MR) is 281 cm³/mol. The number of aryl methyl sites for hydroxylation is 1. The van der Waals surface area contributed by atoms with Crippen LogP contribution in [0.15, 0.2) is 82.0 Å². The Bertz CT molecular complexity index is 2500. The highest BCUT2D eigenvalue weighted by molar-refractivity contribution is 8.01. The van der Waals surface area contributed by atoms with Crippen LogP contribution in [0, 0.1) is 12.3 Å². The Balaban J connectivity index is 0.935. The molecular weight excluding hydrogens is 953 g/mol. The quantitative estimate of drug-likeness (QED) is 0.0623. The second-order valence-corrected chi connectivity index (χ2v) is 22.4. The van der Waals surface area contributed by atoms with E-state index in [0.717, 1.165) is 52.3 Å². The van der Waals surface area contributed by atoms with E-state index in [1.807, 2.05) is 89.2 Å². The maximum atomic E-state index is 14.6. The third-order valence-electron chi connectivity index (χ3n) is 13.8. The zero-order valence-corrected chi connectivity index (χ0v) is 44.5. The second kappa shape index (κ2) is 24.9. The normalized spacial score (nSPS) is 20.7. The lowest BCUT2D eigenvalue weighted by Gasteiger charge is -2.36. The molecule has 2 aliphatic heterocycles. The number of likely N-dealkylation sites (N-methyl/N-ethyl adjacent to an activating group) is 1. The van der Waals surface area contributed by atoms with Crippen LogP contribution in [0.25, 0.3) is 0 Å². The molecule has 7 atom stereocenters. The van der Waals surface area contributed by atoms with Gasteiger partial charge in [-0.3, -0.25) is 29.3 Å². The molecule has 2 saturated heterocycles. The molecule has 5 N–H and O–H groups in total. The molecule has 3 heterocycles. The van der Waals surface area contributed by atoms with Gasteiger partial charge in [-0.15, -0.1) is 0 Å². The summed E-state index contributed by atoms with van der Waals surface area (Å²) in [5.74, 6) is 0.0792. The van der Waals surface area contributed by atoms with Crippen molar-refractivity contribution in [2.24, 2.45) is 5.41 Å². The number of aromatic nitrogens is 1. The van der Waals surface area contributed by atoms with Gasteiger partial charge in [0.1, 0.15) is 23.6 Å². The number of amides is 5. The number of nitrogens with one attached hydrogen (secondary N) is 5. The third kappa shape index (κ3) is 13.9. The molecule has 388 valence electrons. The topological polar surface area (TPSA) is 193 Å². The lowest BCUT2D eigenvalue weighted by molar-refractivity contribution is -0.144. The number of likely N-dealkylation sites (tertiary alicyclic amines) is 1. The smallest absolute Gasteiger partial charge is 0.257 e. The van der Waals surface area contributed by atoms with Gasteiger partial charge in [0.25, 0.3) is 11.8 Å². The minimum atomic E-state index is -0.840. The number of anilines is 1. The Morgan fingerprint density at radius 1 is 0.944 bits per heavy atom. The van der Waals surface area contributed by atoms with Crippen molar-refractivity contribution in [3.63, 3.8) is 0 Å². The largest absolute Gasteiger partial charge is 0.496 e. The number of benzene rings is 3. The number of thiazole rings is 1. The predicted octanol–water partition coefficient (Wildman–Crippen LogP) is 7.38.